The Hall–Kier alpha value is -0.420. The van der Waals surface area contributed by atoms with Crippen molar-refractivity contribution in [3.8, 4) is 0 Å². The van der Waals surface area contributed by atoms with Gasteiger partial charge in [0.15, 0.2) is 0 Å². The molecule has 1 aliphatic rings. The molecule has 1 atom stereocenters. The summed E-state index contributed by atoms with van der Waals surface area (Å²) in [6.07, 6.45) is 2.58. The fourth-order valence-electron chi connectivity index (χ4n) is 2.81. The molecule has 1 saturated heterocycles. The highest BCUT2D eigenvalue weighted by atomic mass is 79.9. The Labute approximate surface area is 124 Å². The van der Waals surface area contributed by atoms with Crippen LogP contribution < -0.4 is 5.73 Å². The standard InChI is InChI=1S/C15H24BrN3/c1-18(9-7-17)15-6-3-8-19(12-15)11-13-4-2-5-14(16)10-13/h2,4-5,10,15H,3,6-9,11-12,17H2,1H3. The van der Waals surface area contributed by atoms with Gasteiger partial charge >= 0.3 is 0 Å². The number of benzene rings is 1. The van der Waals surface area contributed by atoms with E-state index in [4.69, 9.17) is 5.73 Å². The van der Waals surface area contributed by atoms with Gasteiger partial charge in [-0.1, -0.05) is 28.1 Å². The minimum absolute atomic E-state index is 0.657. The molecule has 1 aromatic carbocycles. The maximum absolute atomic E-state index is 5.65. The van der Waals surface area contributed by atoms with Gasteiger partial charge in [-0.25, -0.2) is 0 Å². The first-order valence-corrected chi connectivity index (χ1v) is 7.85. The fourth-order valence-corrected chi connectivity index (χ4v) is 3.26. The van der Waals surface area contributed by atoms with Gasteiger partial charge in [-0.3, -0.25) is 4.90 Å². The molecule has 0 spiro atoms. The third-order valence-corrected chi connectivity index (χ3v) is 4.37. The van der Waals surface area contributed by atoms with Crippen molar-refractivity contribution >= 4 is 15.9 Å². The number of halogens is 1. The van der Waals surface area contributed by atoms with Crippen molar-refractivity contribution in [2.24, 2.45) is 5.73 Å². The fraction of sp³-hybridized carbons (Fsp3) is 0.600. The van der Waals surface area contributed by atoms with E-state index in [9.17, 15) is 0 Å². The molecule has 0 saturated carbocycles. The van der Waals surface area contributed by atoms with E-state index in [2.05, 4.69) is 57.0 Å². The van der Waals surface area contributed by atoms with Gasteiger partial charge in [0, 0.05) is 36.7 Å². The van der Waals surface area contributed by atoms with Gasteiger partial charge in [0.1, 0.15) is 0 Å². The molecule has 0 aromatic heterocycles. The smallest absolute Gasteiger partial charge is 0.0234 e. The molecule has 1 heterocycles. The number of piperidine rings is 1. The van der Waals surface area contributed by atoms with Gasteiger partial charge in [0.05, 0.1) is 0 Å². The molecule has 0 amide bonds. The first-order chi connectivity index (χ1) is 9.19. The van der Waals surface area contributed by atoms with E-state index < -0.39 is 0 Å². The monoisotopic (exact) mass is 325 g/mol. The molecule has 0 aliphatic carbocycles. The molecule has 106 valence electrons. The van der Waals surface area contributed by atoms with Crippen LogP contribution in [-0.4, -0.2) is 49.1 Å². The quantitative estimate of drug-likeness (QED) is 0.901. The van der Waals surface area contributed by atoms with Gasteiger partial charge in [0.2, 0.25) is 0 Å². The zero-order valence-corrected chi connectivity index (χ0v) is 13.3. The van der Waals surface area contributed by atoms with Gasteiger partial charge in [-0.15, -0.1) is 0 Å². The number of hydrogen-bond acceptors (Lipinski definition) is 3. The van der Waals surface area contributed by atoms with Crippen LogP contribution >= 0.6 is 15.9 Å². The van der Waals surface area contributed by atoms with Crippen molar-refractivity contribution in [2.45, 2.75) is 25.4 Å². The molecule has 0 radical (unpaired) electrons. The second-order valence-electron chi connectivity index (χ2n) is 5.43. The molecular formula is C15H24BrN3. The molecular weight excluding hydrogens is 302 g/mol. The highest BCUT2D eigenvalue weighted by Crippen LogP contribution is 2.18. The van der Waals surface area contributed by atoms with Crippen molar-refractivity contribution in [3.05, 3.63) is 34.3 Å². The average Bonchev–Trinajstić information content (AvgIpc) is 2.39. The summed E-state index contributed by atoms with van der Waals surface area (Å²) in [6, 6.07) is 9.27. The first-order valence-electron chi connectivity index (χ1n) is 7.06. The first kappa shape index (κ1) is 15.0. The summed E-state index contributed by atoms with van der Waals surface area (Å²) in [5, 5.41) is 0. The maximum atomic E-state index is 5.65. The van der Waals surface area contributed by atoms with Crippen molar-refractivity contribution in [1.82, 2.24) is 9.80 Å². The highest BCUT2D eigenvalue weighted by molar-refractivity contribution is 9.10. The number of rotatable bonds is 5. The molecule has 3 nitrogen and oxygen atoms in total. The highest BCUT2D eigenvalue weighted by Gasteiger charge is 2.22. The van der Waals surface area contributed by atoms with E-state index in [0.717, 1.165) is 26.2 Å². The van der Waals surface area contributed by atoms with Crippen molar-refractivity contribution in [2.75, 3.05) is 33.2 Å². The summed E-state index contributed by atoms with van der Waals surface area (Å²) in [6.45, 7) is 5.16. The average molecular weight is 326 g/mol. The lowest BCUT2D eigenvalue weighted by Gasteiger charge is -2.37. The summed E-state index contributed by atoms with van der Waals surface area (Å²) in [5.74, 6) is 0. The Balaban J connectivity index is 1.90. The SMILES string of the molecule is CN(CCN)C1CCCN(Cc2cccc(Br)c2)C1. The van der Waals surface area contributed by atoms with Crippen molar-refractivity contribution in [3.63, 3.8) is 0 Å². The maximum Gasteiger partial charge on any atom is 0.0234 e. The van der Waals surface area contributed by atoms with Crippen LogP contribution in [0.15, 0.2) is 28.7 Å². The number of hydrogen-bond donors (Lipinski definition) is 1. The van der Waals surface area contributed by atoms with E-state index in [1.54, 1.807) is 0 Å². The van der Waals surface area contributed by atoms with Crippen LogP contribution in [0.3, 0.4) is 0 Å². The molecule has 1 aliphatic heterocycles. The summed E-state index contributed by atoms with van der Waals surface area (Å²) >= 11 is 3.54. The topological polar surface area (TPSA) is 32.5 Å². The van der Waals surface area contributed by atoms with Crippen LogP contribution in [0.25, 0.3) is 0 Å². The van der Waals surface area contributed by atoms with E-state index in [0.29, 0.717) is 6.04 Å². The number of nitrogens with two attached hydrogens (primary N) is 1. The number of likely N-dealkylation sites (tertiary alicyclic amines) is 1. The van der Waals surface area contributed by atoms with Gasteiger partial charge in [-0.05, 0) is 44.1 Å². The normalized spacial score (nSPS) is 20.9. The lowest BCUT2D eigenvalue weighted by molar-refractivity contribution is 0.113. The lowest BCUT2D eigenvalue weighted by atomic mass is 10.0. The minimum Gasteiger partial charge on any atom is -0.329 e. The number of likely N-dealkylation sites (N-methyl/N-ethyl adjacent to an activating group) is 1. The van der Waals surface area contributed by atoms with Crippen LogP contribution in [0, 0.1) is 0 Å². The Morgan fingerprint density at radius 3 is 3.05 bits per heavy atom. The Morgan fingerprint density at radius 2 is 2.32 bits per heavy atom. The number of nitrogens with zero attached hydrogens (tertiary/aromatic N) is 2. The second-order valence-corrected chi connectivity index (χ2v) is 6.35. The summed E-state index contributed by atoms with van der Waals surface area (Å²) in [5.41, 5.74) is 7.04. The van der Waals surface area contributed by atoms with Crippen LogP contribution in [0.1, 0.15) is 18.4 Å². The zero-order chi connectivity index (χ0) is 13.7. The molecule has 4 heteroatoms. The third-order valence-electron chi connectivity index (χ3n) is 3.88. The minimum atomic E-state index is 0.657. The summed E-state index contributed by atoms with van der Waals surface area (Å²) in [4.78, 5) is 4.97. The molecule has 2 N–H and O–H groups in total. The van der Waals surface area contributed by atoms with Gasteiger partial charge < -0.3 is 10.6 Å². The molecule has 0 bridgehead atoms. The molecule has 1 aromatic rings. The van der Waals surface area contributed by atoms with E-state index in [1.807, 2.05) is 0 Å². The summed E-state index contributed by atoms with van der Waals surface area (Å²) in [7, 11) is 2.19. The largest absolute Gasteiger partial charge is 0.329 e. The Morgan fingerprint density at radius 1 is 1.47 bits per heavy atom. The third kappa shape index (κ3) is 4.56. The van der Waals surface area contributed by atoms with Gasteiger partial charge in [-0.2, -0.15) is 0 Å². The van der Waals surface area contributed by atoms with Crippen LogP contribution in [0.2, 0.25) is 0 Å². The van der Waals surface area contributed by atoms with Crippen molar-refractivity contribution < 1.29 is 0 Å². The zero-order valence-electron chi connectivity index (χ0n) is 11.7. The lowest BCUT2D eigenvalue weighted by Crippen LogP contribution is -2.47. The van der Waals surface area contributed by atoms with E-state index in [-0.39, 0.29) is 0 Å². The van der Waals surface area contributed by atoms with Crippen LogP contribution in [0.5, 0.6) is 0 Å². The second kappa shape index (κ2) is 7.39. The van der Waals surface area contributed by atoms with Crippen LogP contribution in [0.4, 0.5) is 0 Å². The molecule has 1 unspecified atom stereocenters. The Kier molecular flexibility index (Phi) is 5.82. The summed E-state index contributed by atoms with van der Waals surface area (Å²) < 4.78 is 1.17. The van der Waals surface area contributed by atoms with Crippen molar-refractivity contribution in [1.29, 1.82) is 0 Å². The van der Waals surface area contributed by atoms with E-state index in [1.165, 1.54) is 29.4 Å². The van der Waals surface area contributed by atoms with Crippen LogP contribution in [-0.2, 0) is 6.54 Å². The predicted molar refractivity (Wildman–Crippen MR) is 84.1 cm³/mol. The van der Waals surface area contributed by atoms with Gasteiger partial charge in [0.25, 0.3) is 0 Å². The molecule has 1 fully saturated rings. The predicted octanol–water partition coefficient (Wildman–Crippen LogP) is 2.30. The van der Waals surface area contributed by atoms with E-state index >= 15 is 0 Å². The molecule has 2 rings (SSSR count). The molecule has 19 heavy (non-hydrogen) atoms. The Bertz CT molecular complexity index is 397.